The minimum atomic E-state index is 0.155. The number of hydrogen-bond donors (Lipinski definition) is 1. The van der Waals surface area contributed by atoms with Gasteiger partial charge in [0.2, 0.25) is 5.91 Å². The monoisotopic (exact) mass is 309 g/mol. The number of nitrogens with one attached hydrogen (secondary N) is 1. The number of carbonyl (C=O) groups is 1. The van der Waals surface area contributed by atoms with E-state index in [1.807, 2.05) is 23.1 Å². The number of fused-ring (bicyclic) bond motifs is 1. The standard InChI is InChI=1S/C14H16ClN3OS/c15-10-4-5-11-12(8-10)20-14(17-11)16-9-13(19)18-6-2-1-3-7-18/h4-5,8H,1-3,6-7,9H2,(H,16,17). The number of hydrogen-bond acceptors (Lipinski definition) is 4. The van der Waals surface area contributed by atoms with Gasteiger partial charge in [0.15, 0.2) is 5.13 Å². The largest absolute Gasteiger partial charge is 0.352 e. The van der Waals surface area contributed by atoms with Gasteiger partial charge in [0, 0.05) is 18.1 Å². The fourth-order valence-corrected chi connectivity index (χ4v) is 3.52. The van der Waals surface area contributed by atoms with Gasteiger partial charge in [0.1, 0.15) is 0 Å². The first kappa shape index (κ1) is 13.6. The number of nitrogens with zero attached hydrogens (tertiary/aromatic N) is 2. The van der Waals surface area contributed by atoms with Crippen LogP contribution in [-0.2, 0) is 4.79 Å². The fourth-order valence-electron chi connectivity index (χ4n) is 2.38. The van der Waals surface area contributed by atoms with Crippen LogP contribution in [-0.4, -0.2) is 35.4 Å². The van der Waals surface area contributed by atoms with Gasteiger partial charge in [0.25, 0.3) is 0 Å². The lowest BCUT2D eigenvalue weighted by Crippen LogP contribution is -2.39. The zero-order valence-corrected chi connectivity index (χ0v) is 12.6. The van der Waals surface area contributed by atoms with Crippen molar-refractivity contribution in [2.75, 3.05) is 25.0 Å². The van der Waals surface area contributed by atoms with Crippen molar-refractivity contribution in [2.45, 2.75) is 19.3 Å². The van der Waals surface area contributed by atoms with Crippen molar-refractivity contribution in [3.8, 4) is 0 Å². The molecule has 1 aromatic heterocycles. The molecule has 1 aliphatic heterocycles. The summed E-state index contributed by atoms with van der Waals surface area (Å²) in [5, 5.41) is 4.60. The number of thiazole rings is 1. The van der Waals surface area contributed by atoms with Crippen LogP contribution < -0.4 is 5.32 Å². The van der Waals surface area contributed by atoms with E-state index in [9.17, 15) is 4.79 Å². The van der Waals surface area contributed by atoms with Crippen LogP contribution in [0.25, 0.3) is 10.2 Å². The molecule has 106 valence electrons. The quantitative estimate of drug-likeness (QED) is 0.945. The van der Waals surface area contributed by atoms with E-state index < -0.39 is 0 Å². The minimum absolute atomic E-state index is 0.155. The van der Waals surface area contributed by atoms with Crippen LogP contribution in [0.2, 0.25) is 5.02 Å². The summed E-state index contributed by atoms with van der Waals surface area (Å²) in [6, 6.07) is 5.62. The van der Waals surface area contributed by atoms with Crippen molar-refractivity contribution in [1.29, 1.82) is 0 Å². The number of rotatable bonds is 3. The summed E-state index contributed by atoms with van der Waals surface area (Å²) in [5.74, 6) is 0.155. The van der Waals surface area contributed by atoms with Gasteiger partial charge in [-0.25, -0.2) is 4.98 Å². The molecule has 2 heterocycles. The summed E-state index contributed by atoms with van der Waals surface area (Å²) in [6.07, 6.45) is 3.46. The van der Waals surface area contributed by atoms with Crippen molar-refractivity contribution in [3.05, 3.63) is 23.2 Å². The predicted molar refractivity (Wildman–Crippen MR) is 83.6 cm³/mol. The second-order valence-electron chi connectivity index (χ2n) is 4.93. The van der Waals surface area contributed by atoms with E-state index in [-0.39, 0.29) is 5.91 Å². The molecule has 6 heteroatoms. The molecule has 1 amide bonds. The Balaban J connectivity index is 1.63. The third kappa shape index (κ3) is 3.04. The van der Waals surface area contributed by atoms with Crippen LogP contribution in [0.5, 0.6) is 0 Å². The molecule has 1 fully saturated rings. The summed E-state index contributed by atoms with van der Waals surface area (Å²) >= 11 is 7.48. The molecule has 1 aromatic carbocycles. The first-order valence-corrected chi connectivity index (χ1v) is 7.99. The molecular weight excluding hydrogens is 294 g/mol. The van der Waals surface area contributed by atoms with Crippen molar-refractivity contribution in [2.24, 2.45) is 0 Å². The molecule has 0 aliphatic carbocycles. The lowest BCUT2D eigenvalue weighted by Gasteiger charge is -2.26. The molecule has 0 bridgehead atoms. The first-order valence-electron chi connectivity index (χ1n) is 6.80. The topological polar surface area (TPSA) is 45.2 Å². The lowest BCUT2D eigenvalue weighted by molar-refractivity contribution is -0.130. The Kier molecular flexibility index (Phi) is 4.08. The molecule has 1 aliphatic rings. The Morgan fingerprint density at radius 3 is 2.95 bits per heavy atom. The highest BCUT2D eigenvalue weighted by molar-refractivity contribution is 7.22. The van der Waals surface area contributed by atoms with Gasteiger partial charge in [-0.15, -0.1) is 0 Å². The molecule has 20 heavy (non-hydrogen) atoms. The Bertz CT molecular complexity index is 622. The van der Waals surface area contributed by atoms with Gasteiger partial charge in [0.05, 0.1) is 16.8 Å². The molecule has 2 aromatic rings. The minimum Gasteiger partial charge on any atom is -0.352 e. The molecule has 4 nitrogen and oxygen atoms in total. The van der Waals surface area contributed by atoms with E-state index in [0.717, 1.165) is 41.3 Å². The highest BCUT2D eigenvalue weighted by Gasteiger charge is 2.16. The number of amides is 1. The van der Waals surface area contributed by atoms with Crippen molar-refractivity contribution in [1.82, 2.24) is 9.88 Å². The van der Waals surface area contributed by atoms with Gasteiger partial charge in [-0.2, -0.15) is 0 Å². The average Bonchev–Trinajstić information content (AvgIpc) is 2.87. The number of anilines is 1. The van der Waals surface area contributed by atoms with Crippen LogP contribution in [0, 0.1) is 0 Å². The molecule has 1 saturated heterocycles. The summed E-state index contributed by atoms with van der Waals surface area (Å²) in [4.78, 5) is 18.4. The second-order valence-corrected chi connectivity index (χ2v) is 6.39. The Morgan fingerprint density at radius 1 is 1.35 bits per heavy atom. The van der Waals surface area contributed by atoms with E-state index in [1.165, 1.54) is 17.8 Å². The molecule has 0 unspecified atom stereocenters. The maximum Gasteiger partial charge on any atom is 0.241 e. The molecule has 0 atom stereocenters. The van der Waals surface area contributed by atoms with Crippen LogP contribution in [0.1, 0.15) is 19.3 Å². The van der Waals surface area contributed by atoms with E-state index >= 15 is 0 Å². The smallest absolute Gasteiger partial charge is 0.241 e. The highest BCUT2D eigenvalue weighted by atomic mass is 35.5. The second kappa shape index (κ2) is 5.97. The predicted octanol–water partition coefficient (Wildman–Crippen LogP) is 3.37. The van der Waals surface area contributed by atoms with E-state index in [4.69, 9.17) is 11.6 Å². The van der Waals surface area contributed by atoms with Crippen molar-refractivity contribution in [3.63, 3.8) is 0 Å². The third-order valence-electron chi connectivity index (χ3n) is 3.45. The SMILES string of the molecule is O=C(CNc1nc2ccc(Cl)cc2s1)N1CCCCC1. The van der Waals surface area contributed by atoms with Gasteiger partial charge in [-0.3, -0.25) is 4.79 Å². The number of aromatic nitrogens is 1. The maximum absolute atomic E-state index is 12.1. The van der Waals surface area contributed by atoms with Crippen molar-refractivity contribution < 1.29 is 4.79 Å². The fraction of sp³-hybridized carbons (Fsp3) is 0.429. The molecule has 3 rings (SSSR count). The van der Waals surface area contributed by atoms with Gasteiger partial charge in [-0.05, 0) is 37.5 Å². The van der Waals surface area contributed by atoms with Crippen LogP contribution in [0.4, 0.5) is 5.13 Å². The number of likely N-dealkylation sites (tertiary alicyclic amines) is 1. The zero-order valence-electron chi connectivity index (χ0n) is 11.1. The Morgan fingerprint density at radius 2 is 2.15 bits per heavy atom. The number of piperidine rings is 1. The normalized spacial score (nSPS) is 15.6. The van der Waals surface area contributed by atoms with Gasteiger partial charge >= 0.3 is 0 Å². The molecule has 1 N–H and O–H groups in total. The summed E-state index contributed by atoms with van der Waals surface area (Å²) in [6.45, 7) is 2.08. The van der Waals surface area contributed by atoms with E-state index in [1.54, 1.807) is 0 Å². The van der Waals surface area contributed by atoms with Crippen LogP contribution in [0.15, 0.2) is 18.2 Å². The Labute approximate surface area is 126 Å². The molecule has 0 saturated carbocycles. The summed E-state index contributed by atoms with van der Waals surface area (Å²) in [5.41, 5.74) is 0.910. The van der Waals surface area contributed by atoms with Crippen LogP contribution in [0.3, 0.4) is 0 Å². The van der Waals surface area contributed by atoms with Crippen molar-refractivity contribution >= 4 is 44.2 Å². The van der Waals surface area contributed by atoms with E-state index in [0.29, 0.717) is 11.6 Å². The zero-order chi connectivity index (χ0) is 13.9. The Hall–Kier alpha value is -1.33. The molecular formula is C14H16ClN3OS. The first-order chi connectivity index (χ1) is 9.72. The highest BCUT2D eigenvalue weighted by Crippen LogP contribution is 2.28. The maximum atomic E-state index is 12.1. The third-order valence-corrected chi connectivity index (χ3v) is 4.66. The average molecular weight is 310 g/mol. The molecule has 0 spiro atoms. The van der Waals surface area contributed by atoms with E-state index in [2.05, 4.69) is 10.3 Å². The van der Waals surface area contributed by atoms with Gasteiger partial charge in [-0.1, -0.05) is 22.9 Å². The number of benzene rings is 1. The number of carbonyl (C=O) groups excluding carboxylic acids is 1. The van der Waals surface area contributed by atoms with Gasteiger partial charge < -0.3 is 10.2 Å². The summed E-state index contributed by atoms with van der Waals surface area (Å²) in [7, 11) is 0. The number of halogens is 1. The molecule has 0 radical (unpaired) electrons. The lowest BCUT2D eigenvalue weighted by atomic mass is 10.1. The summed E-state index contributed by atoms with van der Waals surface area (Å²) < 4.78 is 1.03. The van der Waals surface area contributed by atoms with Crippen LogP contribution >= 0.6 is 22.9 Å².